The molecule has 2 amide bonds. The van der Waals surface area contributed by atoms with Crippen LogP contribution >= 0.6 is 0 Å². The smallest absolute Gasteiger partial charge is 0.319 e. The van der Waals surface area contributed by atoms with Gasteiger partial charge >= 0.3 is 6.03 Å². The molecule has 0 saturated carbocycles. The Bertz CT molecular complexity index is 996. The van der Waals surface area contributed by atoms with Crippen LogP contribution in [0.4, 0.5) is 10.5 Å². The third-order valence-corrected chi connectivity index (χ3v) is 4.56. The molecule has 9 heteroatoms. The van der Waals surface area contributed by atoms with Gasteiger partial charge < -0.3 is 15.6 Å². The number of rotatable bonds is 5. The minimum atomic E-state index is -3.69. The van der Waals surface area contributed by atoms with Gasteiger partial charge in [0.15, 0.2) is 0 Å². The summed E-state index contributed by atoms with van der Waals surface area (Å²) < 4.78 is 22.4. The molecular formula is C16H17N5O3S. The van der Waals surface area contributed by atoms with Gasteiger partial charge in [-0.3, -0.25) is 0 Å². The van der Waals surface area contributed by atoms with Crippen molar-refractivity contribution >= 4 is 32.8 Å². The number of sulfonamides is 1. The third-order valence-electron chi connectivity index (χ3n) is 3.63. The molecule has 2 aromatic carbocycles. The van der Waals surface area contributed by atoms with Crippen LogP contribution in [-0.2, 0) is 16.4 Å². The van der Waals surface area contributed by atoms with Crippen molar-refractivity contribution in [3.63, 3.8) is 0 Å². The predicted molar refractivity (Wildman–Crippen MR) is 94.6 cm³/mol. The van der Waals surface area contributed by atoms with Crippen molar-refractivity contribution in [2.24, 2.45) is 5.14 Å². The minimum absolute atomic E-state index is 0.0659. The molecule has 0 aliphatic heterocycles. The Labute approximate surface area is 144 Å². The Morgan fingerprint density at radius 1 is 1.16 bits per heavy atom. The SMILES string of the molecule is NS(=O)(=O)c1ccc(CCNC(=O)Nc2ccc3nc[nH]c3c2)cc1. The first-order valence-corrected chi connectivity index (χ1v) is 9.06. The van der Waals surface area contributed by atoms with Gasteiger partial charge in [-0.1, -0.05) is 12.1 Å². The van der Waals surface area contributed by atoms with Crippen LogP contribution < -0.4 is 15.8 Å². The van der Waals surface area contributed by atoms with Crippen LogP contribution in [0.15, 0.2) is 53.7 Å². The van der Waals surface area contributed by atoms with Gasteiger partial charge in [-0.25, -0.2) is 23.3 Å². The van der Waals surface area contributed by atoms with E-state index in [1.54, 1.807) is 30.6 Å². The lowest BCUT2D eigenvalue weighted by atomic mass is 10.1. The summed E-state index contributed by atoms with van der Waals surface area (Å²) >= 11 is 0. The van der Waals surface area contributed by atoms with Crippen molar-refractivity contribution in [1.29, 1.82) is 0 Å². The molecule has 0 unspecified atom stereocenters. The minimum Gasteiger partial charge on any atom is -0.345 e. The number of anilines is 1. The van der Waals surface area contributed by atoms with E-state index in [-0.39, 0.29) is 10.9 Å². The number of carbonyl (C=O) groups is 1. The second-order valence-electron chi connectivity index (χ2n) is 5.45. The number of fused-ring (bicyclic) bond motifs is 1. The van der Waals surface area contributed by atoms with Crippen LogP contribution in [-0.4, -0.2) is 31.0 Å². The van der Waals surface area contributed by atoms with Crippen LogP contribution in [0.3, 0.4) is 0 Å². The molecule has 0 atom stereocenters. The highest BCUT2D eigenvalue weighted by molar-refractivity contribution is 7.89. The van der Waals surface area contributed by atoms with Crippen LogP contribution in [0.2, 0.25) is 0 Å². The summed E-state index contributed by atoms with van der Waals surface area (Å²) in [4.78, 5) is 19.1. The van der Waals surface area contributed by atoms with Gasteiger partial charge in [0, 0.05) is 12.2 Å². The number of benzene rings is 2. The fourth-order valence-corrected chi connectivity index (χ4v) is 2.87. The first-order chi connectivity index (χ1) is 11.9. The number of nitrogens with one attached hydrogen (secondary N) is 3. The number of aromatic amines is 1. The zero-order valence-corrected chi connectivity index (χ0v) is 14.0. The summed E-state index contributed by atoms with van der Waals surface area (Å²) in [6, 6.07) is 11.3. The van der Waals surface area contributed by atoms with Gasteiger partial charge in [-0.05, 0) is 42.3 Å². The number of hydrogen-bond acceptors (Lipinski definition) is 4. The van der Waals surface area contributed by atoms with Crippen molar-refractivity contribution in [1.82, 2.24) is 15.3 Å². The van der Waals surface area contributed by atoms with Gasteiger partial charge in [0.1, 0.15) is 0 Å². The highest BCUT2D eigenvalue weighted by atomic mass is 32.2. The van der Waals surface area contributed by atoms with E-state index >= 15 is 0 Å². The average molecular weight is 359 g/mol. The van der Waals surface area contributed by atoms with Crippen LogP contribution in [0, 0.1) is 0 Å². The molecular weight excluding hydrogens is 342 g/mol. The molecule has 1 heterocycles. The molecule has 5 N–H and O–H groups in total. The van der Waals surface area contributed by atoms with E-state index in [0.717, 1.165) is 16.6 Å². The standard InChI is InChI=1S/C16H17N5O3S/c17-25(23,24)13-4-1-11(2-5-13)7-8-18-16(22)21-12-3-6-14-15(9-12)20-10-19-14/h1-6,9-10H,7-8H2,(H,19,20)(H2,17,23,24)(H2,18,21,22). The summed E-state index contributed by atoms with van der Waals surface area (Å²) in [5.41, 5.74) is 3.22. The summed E-state index contributed by atoms with van der Waals surface area (Å²) in [7, 11) is -3.69. The van der Waals surface area contributed by atoms with Crippen LogP contribution in [0.25, 0.3) is 11.0 Å². The summed E-state index contributed by atoms with van der Waals surface area (Å²) in [6.45, 7) is 0.410. The molecule has 0 radical (unpaired) electrons. The maximum absolute atomic E-state index is 11.9. The highest BCUT2D eigenvalue weighted by Crippen LogP contribution is 2.15. The Kier molecular flexibility index (Phi) is 4.68. The largest absolute Gasteiger partial charge is 0.345 e. The Morgan fingerprint density at radius 3 is 2.64 bits per heavy atom. The molecule has 0 aliphatic carbocycles. The van der Waals surface area contributed by atoms with Gasteiger partial charge in [0.05, 0.1) is 22.3 Å². The second kappa shape index (κ2) is 6.91. The fraction of sp³-hybridized carbons (Fsp3) is 0.125. The van der Waals surface area contributed by atoms with Crippen molar-refractivity contribution < 1.29 is 13.2 Å². The number of H-pyrrole nitrogens is 1. The zero-order valence-electron chi connectivity index (χ0n) is 13.2. The molecule has 1 aromatic heterocycles. The molecule has 130 valence electrons. The molecule has 0 bridgehead atoms. The maximum atomic E-state index is 11.9. The van der Waals surface area contributed by atoms with E-state index in [9.17, 15) is 13.2 Å². The zero-order chi connectivity index (χ0) is 17.9. The van der Waals surface area contributed by atoms with E-state index in [1.165, 1.54) is 12.1 Å². The van der Waals surface area contributed by atoms with E-state index in [1.807, 2.05) is 6.07 Å². The number of amides is 2. The lowest BCUT2D eigenvalue weighted by Crippen LogP contribution is -2.30. The van der Waals surface area contributed by atoms with Crippen LogP contribution in [0.5, 0.6) is 0 Å². The third kappa shape index (κ3) is 4.34. The van der Waals surface area contributed by atoms with Gasteiger partial charge in [0.2, 0.25) is 10.0 Å². The molecule has 0 spiro atoms. The number of aromatic nitrogens is 2. The van der Waals surface area contributed by atoms with Gasteiger partial charge in [-0.15, -0.1) is 0 Å². The molecule has 0 saturated heterocycles. The molecule has 3 aromatic rings. The summed E-state index contributed by atoms with van der Waals surface area (Å²) in [5, 5.41) is 10.5. The summed E-state index contributed by atoms with van der Waals surface area (Å²) in [6.07, 6.45) is 2.16. The number of primary sulfonamides is 1. The van der Waals surface area contributed by atoms with Gasteiger partial charge in [-0.2, -0.15) is 0 Å². The van der Waals surface area contributed by atoms with Gasteiger partial charge in [0.25, 0.3) is 0 Å². The van der Waals surface area contributed by atoms with E-state index in [4.69, 9.17) is 5.14 Å². The van der Waals surface area contributed by atoms with E-state index in [0.29, 0.717) is 18.7 Å². The summed E-state index contributed by atoms with van der Waals surface area (Å²) in [5.74, 6) is 0. The van der Waals surface area contributed by atoms with Crippen LogP contribution in [0.1, 0.15) is 5.56 Å². The average Bonchev–Trinajstić information content (AvgIpc) is 3.02. The van der Waals surface area contributed by atoms with E-state index < -0.39 is 10.0 Å². The Balaban J connectivity index is 1.50. The van der Waals surface area contributed by atoms with Crippen molar-refractivity contribution in [3.05, 3.63) is 54.4 Å². The lowest BCUT2D eigenvalue weighted by molar-refractivity contribution is 0.252. The maximum Gasteiger partial charge on any atom is 0.319 e. The molecule has 8 nitrogen and oxygen atoms in total. The topological polar surface area (TPSA) is 130 Å². The Hall–Kier alpha value is -2.91. The molecule has 0 aliphatic rings. The van der Waals surface area contributed by atoms with Crippen molar-refractivity contribution in [2.45, 2.75) is 11.3 Å². The lowest BCUT2D eigenvalue weighted by Gasteiger charge is -2.08. The Morgan fingerprint density at radius 2 is 1.92 bits per heavy atom. The highest BCUT2D eigenvalue weighted by Gasteiger charge is 2.07. The molecule has 3 rings (SSSR count). The second-order valence-corrected chi connectivity index (χ2v) is 7.02. The first-order valence-electron chi connectivity index (χ1n) is 7.51. The number of nitrogens with zero attached hydrogens (tertiary/aromatic N) is 1. The van der Waals surface area contributed by atoms with Crippen molar-refractivity contribution in [3.8, 4) is 0 Å². The number of imidazole rings is 1. The number of carbonyl (C=O) groups excluding carboxylic acids is 1. The first kappa shape index (κ1) is 16.9. The van der Waals surface area contributed by atoms with E-state index in [2.05, 4.69) is 20.6 Å². The number of nitrogens with two attached hydrogens (primary N) is 1. The quantitative estimate of drug-likeness (QED) is 0.551. The fourth-order valence-electron chi connectivity index (χ4n) is 2.35. The molecule has 25 heavy (non-hydrogen) atoms. The normalized spacial score (nSPS) is 11.4. The number of hydrogen-bond donors (Lipinski definition) is 4. The monoisotopic (exact) mass is 359 g/mol. The van der Waals surface area contributed by atoms with Crippen molar-refractivity contribution in [2.75, 3.05) is 11.9 Å². The predicted octanol–water partition coefficient (Wildman–Crippen LogP) is 1.57. The molecule has 0 fully saturated rings. The number of urea groups is 1.